The van der Waals surface area contributed by atoms with Gasteiger partial charge in [0, 0.05) is 25.2 Å². The van der Waals surface area contributed by atoms with Crippen LogP contribution in [0.4, 0.5) is 11.4 Å². The lowest BCUT2D eigenvalue weighted by Gasteiger charge is -2.41. The van der Waals surface area contributed by atoms with Crippen LogP contribution < -0.4 is 24.0 Å². The van der Waals surface area contributed by atoms with Crippen LogP contribution in [0.25, 0.3) is 0 Å². The van der Waals surface area contributed by atoms with Crippen molar-refractivity contribution in [3.63, 3.8) is 0 Å². The van der Waals surface area contributed by atoms with Crippen molar-refractivity contribution < 1.29 is 19.0 Å². The Labute approximate surface area is 159 Å². The maximum Gasteiger partial charge on any atom is 0.258 e. The van der Waals surface area contributed by atoms with E-state index in [9.17, 15) is 4.79 Å². The molecule has 6 heteroatoms. The van der Waals surface area contributed by atoms with Crippen molar-refractivity contribution in [1.82, 2.24) is 0 Å². The summed E-state index contributed by atoms with van der Waals surface area (Å²) >= 11 is 0. The van der Waals surface area contributed by atoms with Crippen LogP contribution in [0.15, 0.2) is 30.3 Å². The molecule has 2 aromatic rings. The van der Waals surface area contributed by atoms with Crippen molar-refractivity contribution >= 4 is 17.3 Å². The Morgan fingerprint density at radius 2 is 1.70 bits per heavy atom. The molecule has 0 unspecified atom stereocenters. The van der Waals surface area contributed by atoms with E-state index in [1.165, 1.54) is 11.3 Å². The molecule has 0 saturated carbocycles. The molecule has 2 aliphatic heterocycles. The van der Waals surface area contributed by atoms with E-state index in [0.29, 0.717) is 29.4 Å². The van der Waals surface area contributed by atoms with Gasteiger partial charge in [-0.25, -0.2) is 0 Å². The number of carbonyl (C=O) groups excluding carboxylic acids is 1. The molecule has 2 heterocycles. The van der Waals surface area contributed by atoms with Crippen LogP contribution in [0.2, 0.25) is 0 Å². The van der Waals surface area contributed by atoms with E-state index in [0.717, 1.165) is 31.6 Å². The van der Waals surface area contributed by atoms with Gasteiger partial charge in [0.15, 0.2) is 11.5 Å². The minimum Gasteiger partial charge on any atom is -0.493 e. The number of rotatable bonds is 4. The highest BCUT2D eigenvalue weighted by atomic mass is 16.5. The summed E-state index contributed by atoms with van der Waals surface area (Å²) in [6, 6.07) is 9.67. The van der Waals surface area contributed by atoms with Gasteiger partial charge in [-0.3, -0.25) is 4.79 Å². The van der Waals surface area contributed by atoms with Crippen molar-refractivity contribution in [2.75, 3.05) is 50.8 Å². The van der Waals surface area contributed by atoms with Crippen molar-refractivity contribution in [3.05, 3.63) is 41.5 Å². The molecule has 0 saturated heterocycles. The lowest BCUT2D eigenvalue weighted by Crippen LogP contribution is -2.46. The number of para-hydroxylation sites is 1. The lowest BCUT2D eigenvalue weighted by molar-refractivity contribution is 0.0985. The number of nitrogens with zero attached hydrogens (tertiary/aromatic N) is 2. The molecule has 4 rings (SSSR count). The van der Waals surface area contributed by atoms with Crippen molar-refractivity contribution in [3.8, 4) is 17.2 Å². The Morgan fingerprint density at radius 3 is 2.37 bits per heavy atom. The Hall–Kier alpha value is -2.89. The minimum absolute atomic E-state index is 0.0622. The van der Waals surface area contributed by atoms with Crippen LogP contribution in [0.1, 0.15) is 22.3 Å². The Balaban J connectivity index is 1.76. The molecule has 0 N–H and O–H groups in total. The minimum atomic E-state index is -0.0622. The average Bonchev–Trinajstić information content (AvgIpc) is 2.72. The summed E-state index contributed by atoms with van der Waals surface area (Å²) in [5, 5.41) is 0. The summed E-state index contributed by atoms with van der Waals surface area (Å²) in [6.45, 7) is 2.56. The third-order valence-electron chi connectivity index (χ3n) is 5.33. The number of hydrogen-bond donors (Lipinski definition) is 0. The second-order valence-corrected chi connectivity index (χ2v) is 6.75. The van der Waals surface area contributed by atoms with Gasteiger partial charge in [-0.2, -0.15) is 0 Å². The van der Waals surface area contributed by atoms with Gasteiger partial charge >= 0.3 is 0 Å². The molecule has 6 nitrogen and oxygen atoms in total. The normalized spacial score (nSPS) is 15.2. The van der Waals surface area contributed by atoms with E-state index in [1.54, 1.807) is 33.5 Å². The molecule has 2 aliphatic rings. The van der Waals surface area contributed by atoms with Gasteiger partial charge in [0.25, 0.3) is 5.91 Å². The van der Waals surface area contributed by atoms with Crippen LogP contribution in [0.5, 0.6) is 17.2 Å². The predicted molar refractivity (Wildman–Crippen MR) is 105 cm³/mol. The van der Waals surface area contributed by atoms with Crippen molar-refractivity contribution in [2.24, 2.45) is 0 Å². The van der Waals surface area contributed by atoms with E-state index in [1.807, 2.05) is 17.0 Å². The molecule has 0 aliphatic carbocycles. The van der Waals surface area contributed by atoms with Gasteiger partial charge in [0.2, 0.25) is 5.75 Å². The van der Waals surface area contributed by atoms with Crippen LogP contribution in [-0.4, -0.2) is 46.9 Å². The number of methoxy groups -OCH3 is 3. The maximum absolute atomic E-state index is 13.4. The van der Waals surface area contributed by atoms with Crippen LogP contribution in [0.3, 0.4) is 0 Å². The fourth-order valence-corrected chi connectivity index (χ4v) is 4.07. The summed E-state index contributed by atoms with van der Waals surface area (Å²) in [4.78, 5) is 17.6. The van der Waals surface area contributed by atoms with Crippen molar-refractivity contribution in [2.45, 2.75) is 12.8 Å². The summed E-state index contributed by atoms with van der Waals surface area (Å²) in [6.07, 6.45) is 2.23. The van der Waals surface area contributed by atoms with Crippen molar-refractivity contribution in [1.29, 1.82) is 0 Å². The van der Waals surface area contributed by atoms with E-state index >= 15 is 0 Å². The molecule has 0 atom stereocenters. The number of anilines is 2. The number of amides is 1. The SMILES string of the molecule is COc1cc(C(=O)N2CCN3CCCc4cccc2c43)cc(OC)c1OC. The van der Waals surface area contributed by atoms with Gasteiger partial charge in [0.05, 0.1) is 32.7 Å². The molecule has 0 fully saturated rings. The third kappa shape index (κ3) is 2.85. The summed E-state index contributed by atoms with van der Waals surface area (Å²) in [7, 11) is 4.66. The highest BCUT2D eigenvalue weighted by molar-refractivity contribution is 6.09. The van der Waals surface area contributed by atoms with Gasteiger partial charge in [-0.1, -0.05) is 12.1 Å². The largest absolute Gasteiger partial charge is 0.493 e. The van der Waals surface area contributed by atoms with E-state index in [-0.39, 0.29) is 5.91 Å². The first-order chi connectivity index (χ1) is 13.2. The molecular formula is C21H24N2O4. The van der Waals surface area contributed by atoms with Crippen LogP contribution in [0, 0.1) is 0 Å². The van der Waals surface area contributed by atoms with Gasteiger partial charge in [-0.05, 0) is 36.6 Å². The number of ether oxygens (including phenoxy) is 3. The summed E-state index contributed by atoms with van der Waals surface area (Å²) in [5.74, 6) is 1.38. The second-order valence-electron chi connectivity index (χ2n) is 6.75. The lowest BCUT2D eigenvalue weighted by atomic mass is 9.97. The number of hydrogen-bond acceptors (Lipinski definition) is 5. The molecular weight excluding hydrogens is 344 g/mol. The first kappa shape index (κ1) is 17.5. The van der Waals surface area contributed by atoms with Gasteiger partial charge in [0.1, 0.15) is 0 Å². The van der Waals surface area contributed by atoms with Crippen LogP contribution in [-0.2, 0) is 6.42 Å². The molecule has 0 radical (unpaired) electrons. The number of aryl methyl sites for hydroxylation is 1. The third-order valence-corrected chi connectivity index (χ3v) is 5.33. The summed E-state index contributed by atoms with van der Waals surface area (Å²) in [5.41, 5.74) is 4.03. The highest BCUT2D eigenvalue weighted by Crippen LogP contribution is 2.42. The van der Waals surface area contributed by atoms with Crippen LogP contribution >= 0.6 is 0 Å². The monoisotopic (exact) mass is 368 g/mol. The molecule has 1 amide bonds. The highest BCUT2D eigenvalue weighted by Gasteiger charge is 2.31. The standard InChI is InChI=1S/C21H24N2O4/c1-25-17-12-15(13-18(26-2)20(17)27-3)21(24)23-11-10-22-9-5-7-14-6-4-8-16(23)19(14)22/h4,6,8,12-13H,5,7,9-11H2,1-3H3. The van der Waals surface area contributed by atoms with Gasteiger partial charge < -0.3 is 24.0 Å². The second kappa shape index (κ2) is 7.02. The molecule has 0 aromatic heterocycles. The molecule has 142 valence electrons. The predicted octanol–water partition coefficient (Wildman–Crippen LogP) is 3.13. The Morgan fingerprint density at radius 1 is 0.963 bits per heavy atom. The zero-order valence-electron chi connectivity index (χ0n) is 15.9. The zero-order chi connectivity index (χ0) is 19.0. The molecule has 2 aromatic carbocycles. The Bertz CT molecular complexity index is 855. The van der Waals surface area contributed by atoms with E-state index in [2.05, 4.69) is 11.0 Å². The molecule has 27 heavy (non-hydrogen) atoms. The van der Waals surface area contributed by atoms with E-state index < -0.39 is 0 Å². The quantitative estimate of drug-likeness (QED) is 0.830. The van der Waals surface area contributed by atoms with Gasteiger partial charge in [-0.15, -0.1) is 0 Å². The fraction of sp³-hybridized carbons (Fsp3) is 0.381. The number of benzene rings is 2. The molecule has 0 spiro atoms. The number of carbonyl (C=O) groups is 1. The smallest absolute Gasteiger partial charge is 0.258 e. The first-order valence-electron chi connectivity index (χ1n) is 9.16. The fourth-order valence-electron chi connectivity index (χ4n) is 4.07. The summed E-state index contributed by atoms with van der Waals surface area (Å²) < 4.78 is 16.2. The topological polar surface area (TPSA) is 51.2 Å². The Kier molecular flexibility index (Phi) is 4.56. The zero-order valence-corrected chi connectivity index (χ0v) is 15.9. The average molecular weight is 368 g/mol. The van der Waals surface area contributed by atoms with E-state index in [4.69, 9.17) is 14.2 Å². The first-order valence-corrected chi connectivity index (χ1v) is 9.16. The maximum atomic E-state index is 13.4. The molecule has 0 bridgehead atoms.